The molecular formula is C21H21N3O2. The molecule has 26 heavy (non-hydrogen) atoms. The number of nitrogens with one attached hydrogen (secondary N) is 2. The van der Waals surface area contributed by atoms with Gasteiger partial charge in [-0.3, -0.25) is 9.78 Å². The van der Waals surface area contributed by atoms with Crippen LogP contribution < -0.4 is 15.4 Å². The van der Waals surface area contributed by atoms with Crippen molar-refractivity contribution in [1.29, 1.82) is 0 Å². The van der Waals surface area contributed by atoms with Gasteiger partial charge in [0.1, 0.15) is 5.75 Å². The Morgan fingerprint density at radius 3 is 2.50 bits per heavy atom. The third-order valence-corrected chi connectivity index (χ3v) is 3.95. The summed E-state index contributed by atoms with van der Waals surface area (Å²) in [6.07, 6.45) is 4.21. The number of aromatic nitrogens is 1. The second kappa shape index (κ2) is 8.67. The summed E-state index contributed by atoms with van der Waals surface area (Å²) >= 11 is 0. The van der Waals surface area contributed by atoms with E-state index in [1.165, 1.54) is 0 Å². The second-order valence-electron chi connectivity index (χ2n) is 5.80. The zero-order valence-electron chi connectivity index (χ0n) is 14.6. The van der Waals surface area contributed by atoms with E-state index in [1.54, 1.807) is 25.6 Å². The number of hydrogen-bond donors (Lipinski definition) is 2. The van der Waals surface area contributed by atoms with Gasteiger partial charge in [-0.05, 0) is 54.4 Å². The Labute approximate surface area is 153 Å². The number of amides is 1. The number of anilines is 2. The Morgan fingerprint density at radius 1 is 1.00 bits per heavy atom. The Hall–Kier alpha value is -3.34. The van der Waals surface area contributed by atoms with Crippen LogP contribution in [0.3, 0.4) is 0 Å². The van der Waals surface area contributed by atoms with E-state index < -0.39 is 0 Å². The zero-order valence-corrected chi connectivity index (χ0v) is 14.6. The number of methoxy groups -OCH3 is 1. The van der Waals surface area contributed by atoms with Crippen molar-refractivity contribution in [2.45, 2.75) is 6.42 Å². The highest BCUT2D eigenvalue weighted by Crippen LogP contribution is 2.17. The topological polar surface area (TPSA) is 63.2 Å². The van der Waals surface area contributed by atoms with Crippen molar-refractivity contribution in [3.05, 3.63) is 84.2 Å². The summed E-state index contributed by atoms with van der Waals surface area (Å²) in [6.45, 7) is 0.577. The largest absolute Gasteiger partial charge is 0.497 e. The lowest BCUT2D eigenvalue weighted by molar-refractivity contribution is 0.0954. The quantitative estimate of drug-likeness (QED) is 0.682. The number of carbonyl (C=O) groups excluding carboxylic acids is 1. The van der Waals surface area contributed by atoms with Gasteiger partial charge in [-0.25, -0.2) is 0 Å². The van der Waals surface area contributed by atoms with Gasteiger partial charge in [-0.2, -0.15) is 0 Å². The summed E-state index contributed by atoms with van der Waals surface area (Å²) in [5.74, 6) is 0.744. The summed E-state index contributed by atoms with van der Waals surface area (Å²) in [6, 6.07) is 19.0. The van der Waals surface area contributed by atoms with Gasteiger partial charge in [0, 0.05) is 35.9 Å². The lowest BCUT2D eigenvalue weighted by Crippen LogP contribution is -2.25. The van der Waals surface area contributed by atoms with Gasteiger partial charge < -0.3 is 15.4 Å². The molecule has 2 N–H and O–H groups in total. The minimum absolute atomic E-state index is 0.0862. The fourth-order valence-corrected chi connectivity index (χ4v) is 2.55. The first kappa shape index (κ1) is 17.5. The van der Waals surface area contributed by atoms with Crippen molar-refractivity contribution in [2.24, 2.45) is 0 Å². The van der Waals surface area contributed by atoms with Gasteiger partial charge in [0.15, 0.2) is 0 Å². The van der Waals surface area contributed by atoms with E-state index in [0.29, 0.717) is 12.1 Å². The fourth-order valence-electron chi connectivity index (χ4n) is 2.55. The van der Waals surface area contributed by atoms with E-state index in [0.717, 1.165) is 29.1 Å². The molecule has 5 heteroatoms. The minimum Gasteiger partial charge on any atom is -0.497 e. The lowest BCUT2D eigenvalue weighted by Gasteiger charge is -2.09. The molecule has 0 radical (unpaired) electrons. The number of nitrogens with zero attached hydrogens (tertiary/aromatic N) is 1. The number of ether oxygens (including phenoxy) is 1. The van der Waals surface area contributed by atoms with Gasteiger partial charge in [0.25, 0.3) is 5.91 Å². The van der Waals surface area contributed by atoms with E-state index in [1.807, 2.05) is 54.6 Å². The molecule has 0 atom stereocenters. The molecule has 0 fully saturated rings. The predicted molar refractivity (Wildman–Crippen MR) is 103 cm³/mol. The lowest BCUT2D eigenvalue weighted by atomic mass is 10.1. The van der Waals surface area contributed by atoms with Crippen LogP contribution >= 0.6 is 0 Å². The van der Waals surface area contributed by atoms with Crippen molar-refractivity contribution in [3.63, 3.8) is 0 Å². The summed E-state index contributed by atoms with van der Waals surface area (Å²) in [5, 5.41) is 6.22. The van der Waals surface area contributed by atoms with Crippen LogP contribution in [0.2, 0.25) is 0 Å². The molecule has 0 saturated heterocycles. The number of hydrogen-bond acceptors (Lipinski definition) is 4. The Bertz CT molecular complexity index is 849. The van der Waals surface area contributed by atoms with Gasteiger partial charge in [-0.1, -0.05) is 18.2 Å². The van der Waals surface area contributed by atoms with Crippen molar-refractivity contribution in [2.75, 3.05) is 19.0 Å². The van der Waals surface area contributed by atoms with Gasteiger partial charge in [0.2, 0.25) is 0 Å². The minimum atomic E-state index is -0.0862. The number of pyridine rings is 1. The maximum Gasteiger partial charge on any atom is 0.251 e. The number of benzene rings is 2. The average Bonchev–Trinajstić information content (AvgIpc) is 2.69. The first-order valence-corrected chi connectivity index (χ1v) is 8.43. The standard InChI is InChI=1S/C21H21N3O2/c1-26-20-7-5-16(6-8-20)9-14-23-21(25)17-3-2-4-19(15-17)24-18-10-12-22-13-11-18/h2-8,10-13,15H,9,14H2,1H3,(H,22,24)(H,23,25). The Kier molecular flexibility index (Phi) is 5.83. The van der Waals surface area contributed by atoms with Crippen LogP contribution in [0.1, 0.15) is 15.9 Å². The SMILES string of the molecule is COc1ccc(CCNC(=O)c2cccc(Nc3ccncc3)c2)cc1. The molecule has 132 valence electrons. The molecule has 1 aromatic heterocycles. The first-order valence-electron chi connectivity index (χ1n) is 8.43. The molecule has 0 aliphatic carbocycles. The highest BCUT2D eigenvalue weighted by atomic mass is 16.5. The Morgan fingerprint density at radius 2 is 1.77 bits per heavy atom. The molecule has 3 aromatic rings. The molecule has 0 aliphatic rings. The van der Waals surface area contributed by atoms with Crippen molar-refractivity contribution in [1.82, 2.24) is 10.3 Å². The molecule has 0 saturated carbocycles. The molecule has 1 heterocycles. The van der Waals surface area contributed by atoms with Gasteiger partial charge in [-0.15, -0.1) is 0 Å². The van der Waals surface area contributed by atoms with Crippen LogP contribution in [0.4, 0.5) is 11.4 Å². The van der Waals surface area contributed by atoms with E-state index in [9.17, 15) is 4.79 Å². The molecule has 0 bridgehead atoms. The molecule has 2 aromatic carbocycles. The van der Waals surface area contributed by atoms with E-state index in [-0.39, 0.29) is 5.91 Å². The second-order valence-corrected chi connectivity index (χ2v) is 5.80. The summed E-state index contributed by atoms with van der Waals surface area (Å²) < 4.78 is 5.14. The zero-order chi connectivity index (χ0) is 18.2. The van der Waals surface area contributed by atoms with Crippen LogP contribution in [-0.2, 0) is 6.42 Å². The van der Waals surface area contributed by atoms with E-state index in [4.69, 9.17) is 4.74 Å². The average molecular weight is 347 g/mol. The summed E-state index contributed by atoms with van der Waals surface area (Å²) in [7, 11) is 1.65. The van der Waals surface area contributed by atoms with Crippen LogP contribution in [0.5, 0.6) is 5.75 Å². The third-order valence-electron chi connectivity index (χ3n) is 3.95. The third kappa shape index (κ3) is 4.83. The highest BCUT2D eigenvalue weighted by molar-refractivity contribution is 5.95. The smallest absolute Gasteiger partial charge is 0.251 e. The molecule has 0 aliphatic heterocycles. The van der Waals surface area contributed by atoms with Crippen LogP contribution in [0.15, 0.2) is 73.1 Å². The molecule has 3 rings (SSSR count). The maximum atomic E-state index is 12.4. The molecule has 5 nitrogen and oxygen atoms in total. The number of carbonyl (C=O) groups is 1. The van der Waals surface area contributed by atoms with Crippen molar-refractivity contribution < 1.29 is 9.53 Å². The van der Waals surface area contributed by atoms with Crippen LogP contribution in [-0.4, -0.2) is 24.5 Å². The normalized spacial score (nSPS) is 10.2. The van der Waals surface area contributed by atoms with E-state index >= 15 is 0 Å². The van der Waals surface area contributed by atoms with Crippen LogP contribution in [0.25, 0.3) is 0 Å². The monoisotopic (exact) mass is 347 g/mol. The van der Waals surface area contributed by atoms with Crippen LogP contribution in [0, 0.1) is 0 Å². The van der Waals surface area contributed by atoms with Crippen molar-refractivity contribution in [3.8, 4) is 5.75 Å². The Balaban J connectivity index is 1.55. The van der Waals surface area contributed by atoms with Gasteiger partial charge >= 0.3 is 0 Å². The summed E-state index contributed by atoms with van der Waals surface area (Å²) in [4.78, 5) is 16.4. The molecule has 1 amide bonds. The highest BCUT2D eigenvalue weighted by Gasteiger charge is 2.06. The van der Waals surface area contributed by atoms with E-state index in [2.05, 4.69) is 15.6 Å². The fraction of sp³-hybridized carbons (Fsp3) is 0.143. The summed E-state index contributed by atoms with van der Waals surface area (Å²) in [5.41, 5.74) is 3.56. The maximum absolute atomic E-state index is 12.4. The van der Waals surface area contributed by atoms with Gasteiger partial charge in [0.05, 0.1) is 7.11 Å². The molecule has 0 unspecified atom stereocenters. The molecular weight excluding hydrogens is 326 g/mol. The molecule has 0 spiro atoms. The number of rotatable bonds is 7. The first-order chi connectivity index (χ1) is 12.7. The van der Waals surface area contributed by atoms with Crippen molar-refractivity contribution >= 4 is 17.3 Å². The predicted octanol–water partition coefficient (Wildman–Crippen LogP) is 3.81.